The number of carbonyl (C=O) groups is 1. The maximum Gasteiger partial charge on any atom is 0.347 e. The highest BCUT2D eigenvalue weighted by Crippen LogP contribution is 2.26. The van der Waals surface area contributed by atoms with Crippen LogP contribution in [0.15, 0.2) is 18.2 Å². The molecule has 0 unspecified atom stereocenters. The number of carboxylic acid groups (broad SMARTS) is 1. The zero-order valence-corrected chi connectivity index (χ0v) is 9.07. The average Bonchev–Trinajstić information content (AvgIpc) is 2.10. The Morgan fingerprint density at radius 3 is 2.60 bits per heavy atom. The van der Waals surface area contributed by atoms with E-state index in [4.69, 9.17) is 15.6 Å². The van der Waals surface area contributed by atoms with Gasteiger partial charge in [0, 0.05) is 0 Å². The summed E-state index contributed by atoms with van der Waals surface area (Å²) in [6, 6.07) is 5.26. The predicted molar refractivity (Wildman–Crippen MR) is 57.9 cm³/mol. The van der Waals surface area contributed by atoms with E-state index in [0.29, 0.717) is 11.4 Å². The van der Waals surface area contributed by atoms with Crippen LogP contribution in [-0.2, 0) is 4.79 Å². The van der Waals surface area contributed by atoms with Crippen molar-refractivity contribution in [3.8, 4) is 5.75 Å². The minimum absolute atomic E-state index is 0.405. The van der Waals surface area contributed by atoms with Crippen LogP contribution < -0.4 is 10.5 Å². The minimum Gasteiger partial charge on any atom is -0.478 e. The lowest BCUT2D eigenvalue weighted by molar-refractivity contribution is -0.152. The molecule has 4 heteroatoms. The molecule has 0 saturated heterocycles. The number of hydrogen-bond acceptors (Lipinski definition) is 3. The van der Waals surface area contributed by atoms with Gasteiger partial charge >= 0.3 is 5.97 Å². The maximum atomic E-state index is 10.9. The molecule has 0 saturated carbocycles. The van der Waals surface area contributed by atoms with Crippen LogP contribution in [0.4, 0.5) is 5.69 Å². The Labute approximate surface area is 88.7 Å². The second-order valence-corrected chi connectivity index (χ2v) is 3.96. The molecule has 0 atom stereocenters. The van der Waals surface area contributed by atoms with Gasteiger partial charge in [-0.2, -0.15) is 0 Å². The van der Waals surface area contributed by atoms with E-state index in [0.717, 1.165) is 5.56 Å². The molecule has 0 spiro atoms. The molecule has 1 aromatic rings. The molecule has 15 heavy (non-hydrogen) atoms. The summed E-state index contributed by atoms with van der Waals surface area (Å²) in [5.74, 6) is -0.620. The molecule has 0 heterocycles. The van der Waals surface area contributed by atoms with Crippen molar-refractivity contribution in [1.82, 2.24) is 0 Å². The highest BCUT2D eigenvalue weighted by atomic mass is 16.5. The zero-order chi connectivity index (χ0) is 11.6. The largest absolute Gasteiger partial charge is 0.478 e. The van der Waals surface area contributed by atoms with Gasteiger partial charge in [0.2, 0.25) is 0 Å². The van der Waals surface area contributed by atoms with Gasteiger partial charge in [-0.3, -0.25) is 0 Å². The van der Waals surface area contributed by atoms with Gasteiger partial charge in [0.25, 0.3) is 0 Å². The third-order valence-corrected chi connectivity index (χ3v) is 2.05. The maximum absolute atomic E-state index is 10.9. The van der Waals surface area contributed by atoms with Gasteiger partial charge in [-0.05, 0) is 38.5 Å². The van der Waals surface area contributed by atoms with Crippen molar-refractivity contribution >= 4 is 11.7 Å². The van der Waals surface area contributed by atoms with Crippen LogP contribution in [0.5, 0.6) is 5.75 Å². The molecule has 4 nitrogen and oxygen atoms in total. The predicted octanol–water partition coefficient (Wildman–Crippen LogP) is 1.82. The molecule has 1 aromatic carbocycles. The van der Waals surface area contributed by atoms with Gasteiger partial charge in [0.1, 0.15) is 5.75 Å². The van der Waals surface area contributed by atoms with E-state index in [1.165, 1.54) is 13.8 Å². The molecular formula is C11H15NO3. The fourth-order valence-electron chi connectivity index (χ4n) is 1.05. The number of nitrogen functional groups attached to an aromatic ring is 1. The summed E-state index contributed by atoms with van der Waals surface area (Å²) in [5, 5.41) is 8.90. The summed E-state index contributed by atoms with van der Waals surface area (Å²) in [7, 11) is 0. The summed E-state index contributed by atoms with van der Waals surface area (Å²) in [6.45, 7) is 4.86. The summed E-state index contributed by atoms with van der Waals surface area (Å²) in [6.07, 6.45) is 0. The van der Waals surface area contributed by atoms with Crippen molar-refractivity contribution in [2.24, 2.45) is 0 Å². The standard InChI is InChI=1S/C11H15NO3/c1-7-4-5-8(12)9(6-7)15-11(2,3)10(13)14/h4-6H,12H2,1-3H3,(H,13,14). The van der Waals surface area contributed by atoms with Crippen LogP contribution in [0.25, 0.3) is 0 Å². The van der Waals surface area contributed by atoms with E-state index >= 15 is 0 Å². The van der Waals surface area contributed by atoms with Crippen LogP contribution in [0.3, 0.4) is 0 Å². The Morgan fingerprint density at radius 1 is 1.47 bits per heavy atom. The summed E-state index contributed by atoms with van der Waals surface area (Å²) >= 11 is 0. The number of nitrogens with two attached hydrogens (primary N) is 1. The van der Waals surface area contributed by atoms with Crippen LogP contribution in [0.2, 0.25) is 0 Å². The van der Waals surface area contributed by atoms with Crippen LogP contribution in [0, 0.1) is 6.92 Å². The first-order valence-electron chi connectivity index (χ1n) is 4.61. The van der Waals surface area contributed by atoms with Crippen LogP contribution in [0.1, 0.15) is 19.4 Å². The third kappa shape index (κ3) is 2.62. The van der Waals surface area contributed by atoms with E-state index < -0.39 is 11.6 Å². The average molecular weight is 209 g/mol. The molecule has 0 amide bonds. The summed E-state index contributed by atoms with van der Waals surface area (Å²) in [4.78, 5) is 10.9. The summed E-state index contributed by atoms with van der Waals surface area (Å²) in [5.41, 5.74) is 5.82. The molecular weight excluding hydrogens is 194 g/mol. The fourth-order valence-corrected chi connectivity index (χ4v) is 1.05. The molecule has 0 fully saturated rings. The van der Waals surface area contributed by atoms with E-state index in [2.05, 4.69) is 0 Å². The molecule has 0 radical (unpaired) electrons. The molecule has 0 aliphatic rings. The normalized spacial score (nSPS) is 11.1. The van der Waals surface area contributed by atoms with Crippen molar-refractivity contribution in [2.75, 3.05) is 5.73 Å². The van der Waals surface area contributed by atoms with E-state index in [1.54, 1.807) is 12.1 Å². The van der Waals surface area contributed by atoms with Gasteiger partial charge < -0.3 is 15.6 Å². The first-order chi connectivity index (χ1) is 6.83. The monoisotopic (exact) mass is 209 g/mol. The molecule has 82 valence electrons. The van der Waals surface area contributed by atoms with Gasteiger partial charge in [0.15, 0.2) is 5.60 Å². The minimum atomic E-state index is -1.28. The zero-order valence-electron chi connectivity index (χ0n) is 9.07. The number of aryl methyl sites for hydroxylation is 1. The Kier molecular flexibility index (Phi) is 2.88. The third-order valence-electron chi connectivity index (χ3n) is 2.05. The van der Waals surface area contributed by atoms with Crippen molar-refractivity contribution in [2.45, 2.75) is 26.4 Å². The number of rotatable bonds is 3. The number of aliphatic carboxylic acids is 1. The Hall–Kier alpha value is -1.71. The van der Waals surface area contributed by atoms with Gasteiger partial charge in [-0.25, -0.2) is 4.79 Å². The van der Waals surface area contributed by atoms with Crippen LogP contribution in [-0.4, -0.2) is 16.7 Å². The van der Waals surface area contributed by atoms with E-state index in [1.807, 2.05) is 13.0 Å². The molecule has 0 aliphatic carbocycles. The topological polar surface area (TPSA) is 72.5 Å². The molecule has 1 rings (SSSR count). The number of anilines is 1. The fraction of sp³-hybridized carbons (Fsp3) is 0.364. The smallest absolute Gasteiger partial charge is 0.347 e. The van der Waals surface area contributed by atoms with Gasteiger partial charge in [-0.1, -0.05) is 6.07 Å². The Bertz CT molecular complexity index is 385. The highest BCUT2D eigenvalue weighted by molar-refractivity contribution is 5.77. The quantitative estimate of drug-likeness (QED) is 0.745. The first-order valence-corrected chi connectivity index (χ1v) is 4.61. The van der Waals surface area contributed by atoms with Crippen molar-refractivity contribution in [3.63, 3.8) is 0 Å². The second kappa shape index (κ2) is 3.81. The van der Waals surface area contributed by atoms with E-state index in [9.17, 15) is 4.79 Å². The second-order valence-electron chi connectivity index (χ2n) is 3.96. The van der Waals surface area contributed by atoms with Gasteiger partial charge in [-0.15, -0.1) is 0 Å². The first kappa shape index (κ1) is 11.4. The number of ether oxygens (including phenoxy) is 1. The molecule has 0 bridgehead atoms. The number of hydrogen-bond donors (Lipinski definition) is 2. The number of carboxylic acids is 1. The lowest BCUT2D eigenvalue weighted by Crippen LogP contribution is -2.38. The molecule has 0 aliphatic heterocycles. The van der Waals surface area contributed by atoms with Crippen molar-refractivity contribution in [3.05, 3.63) is 23.8 Å². The molecule has 0 aromatic heterocycles. The Morgan fingerprint density at radius 2 is 2.07 bits per heavy atom. The summed E-state index contributed by atoms with van der Waals surface area (Å²) < 4.78 is 5.35. The lowest BCUT2D eigenvalue weighted by atomic mass is 10.1. The van der Waals surface area contributed by atoms with Crippen molar-refractivity contribution < 1.29 is 14.6 Å². The van der Waals surface area contributed by atoms with Crippen LogP contribution >= 0.6 is 0 Å². The SMILES string of the molecule is Cc1ccc(N)c(OC(C)(C)C(=O)O)c1. The highest BCUT2D eigenvalue weighted by Gasteiger charge is 2.29. The van der Waals surface area contributed by atoms with Gasteiger partial charge in [0.05, 0.1) is 5.69 Å². The van der Waals surface area contributed by atoms with E-state index in [-0.39, 0.29) is 0 Å². The van der Waals surface area contributed by atoms with Crippen molar-refractivity contribution in [1.29, 1.82) is 0 Å². The molecule has 3 N–H and O–H groups in total. The lowest BCUT2D eigenvalue weighted by Gasteiger charge is -2.22. The Balaban J connectivity index is 2.99. The number of benzene rings is 1.